The summed E-state index contributed by atoms with van der Waals surface area (Å²) in [6.45, 7) is 10.5. The van der Waals surface area contributed by atoms with Gasteiger partial charge in [-0.15, -0.1) is 0 Å². The molecule has 0 aliphatic carbocycles. The third-order valence-electron chi connectivity index (χ3n) is 4.81. The van der Waals surface area contributed by atoms with Crippen LogP contribution in [0.5, 0.6) is 0 Å². The van der Waals surface area contributed by atoms with E-state index in [1.807, 2.05) is 9.80 Å². The van der Waals surface area contributed by atoms with Crippen LogP contribution in [0.25, 0.3) is 0 Å². The molecule has 2 nitrogen and oxygen atoms in total. The standard InChI is InChI=1S/C14H28N2/c1-3-9-15-11-7-14(8-12-15)16-10-5-4-6-13(16)2/h13-14H,3-12H2,1-2H3/p+2/t13-/m1/s1. The maximum Gasteiger partial charge on any atom is 0.0985 e. The molecule has 0 saturated carbocycles. The number of rotatable bonds is 3. The molecule has 1 unspecified atom stereocenters. The van der Waals surface area contributed by atoms with Gasteiger partial charge in [-0.3, -0.25) is 0 Å². The van der Waals surface area contributed by atoms with Crippen LogP contribution in [0.2, 0.25) is 0 Å². The van der Waals surface area contributed by atoms with Gasteiger partial charge in [0.2, 0.25) is 0 Å². The van der Waals surface area contributed by atoms with E-state index in [1.54, 1.807) is 0 Å². The van der Waals surface area contributed by atoms with Gasteiger partial charge in [-0.2, -0.15) is 0 Å². The number of likely N-dealkylation sites (tertiary alicyclic amines) is 2. The molecule has 2 heteroatoms. The Morgan fingerprint density at radius 1 is 1.00 bits per heavy atom. The normalized spacial score (nSPS) is 40.9. The van der Waals surface area contributed by atoms with Crippen molar-refractivity contribution in [1.29, 1.82) is 0 Å². The summed E-state index contributed by atoms with van der Waals surface area (Å²) in [6, 6.07) is 1.93. The van der Waals surface area contributed by atoms with Crippen LogP contribution in [-0.4, -0.2) is 38.3 Å². The Labute approximate surface area is 101 Å². The van der Waals surface area contributed by atoms with E-state index < -0.39 is 0 Å². The van der Waals surface area contributed by atoms with E-state index in [9.17, 15) is 0 Å². The zero-order chi connectivity index (χ0) is 11.4. The van der Waals surface area contributed by atoms with Crippen molar-refractivity contribution in [3.05, 3.63) is 0 Å². The Balaban J connectivity index is 1.79. The second-order valence-electron chi connectivity index (χ2n) is 6.00. The van der Waals surface area contributed by atoms with Gasteiger partial charge in [0.1, 0.15) is 0 Å². The molecule has 2 heterocycles. The van der Waals surface area contributed by atoms with E-state index in [2.05, 4.69) is 13.8 Å². The highest BCUT2D eigenvalue weighted by Crippen LogP contribution is 2.06. The van der Waals surface area contributed by atoms with E-state index in [0.29, 0.717) is 0 Å². The predicted octanol–water partition coefficient (Wildman–Crippen LogP) is -0.0990. The number of hydrogen-bond donors (Lipinski definition) is 2. The molecule has 0 spiro atoms. The second kappa shape index (κ2) is 6.02. The summed E-state index contributed by atoms with van der Waals surface area (Å²) in [4.78, 5) is 3.81. The van der Waals surface area contributed by atoms with Gasteiger partial charge in [0.15, 0.2) is 0 Å². The largest absolute Gasteiger partial charge is 0.335 e. The van der Waals surface area contributed by atoms with Crippen molar-refractivity contribution >= 4 is 0 Å². The highest BCUT2D eigenvalue weighted by Gasteiger charge is 2.33. The Morgan fingerprint density at radius 3 is 2.38 bits per heavy atom. The average molecular weight is 226 g/mol. The summed E-state index contributed by atoms with van der Waals surface area (Å²) >= 11 is 0. The van der Waals surface area contributed by atoms with Gasteiger partial charge in [0.25, 0.3) is 0 Å². The molecule has 2 rings (SSSR count). The van der Waals surface area contributed by atoms with Crippen molar-refractivity contribution < 1.29 is 9.80 Å². The van der Waals surface area contributed by atoms with Crippen LogP contribution in [0.1, 0.15) is 52.4 Å². The molecule has 0 aromatic heterocycles. The van der Waals surface area contributed by atoms with Gasteiger partial charge in [0, 0.05) is 12.8 Å². The van der Waals surface area contributed by atoms with Gasteiger partial charge < -0.3 is 9.80 Å². The van der Waals surface area contributed by atoms with Crippen LogP contribution in [0.4, 0.5) is 0 Å². The maximum absolute atomic E-state index is 2.47. The fourth-order valence-corrected chi connectivity index (χ4v) is 3.82. The molecule has 0 aromatic carbocycles. The van der Waals surface area contributed by atoms with Crippen molar-refractivity contribution in [2.24, 2.45) is 0 Å². The summed E-state index contributed by atoms with van der Waals surface area (Å²) in [6.07, 6.45) is 8.74. The third-order valence-corrected chi connectivity index (χ3v) is 4.81. The van der Waals surface area contributed by atoms with Crippen molar-refractivity contribution in [2.75, 3.05) is 26.2 Å². The first kappa shape index (κ1) is 12.4. The van der Waals surface area contributed by atoms with E-state index in [0.717, 1.165) is 12.1 Å². The summed E-state index contributed by atoms with van der Waals surface area (Å²) in [5.74, 6) is 0. The summed E-state index contributed by atoms with van der Waals surface area (Å²) in [5.41, 5.74) is 0. The number of piperidine rings is 2. The topological polar surface area (TPSA) is 8.88 Å². The van der Waals surface area contributed by atoms with E-state index >= 15 is 0 Å². The molecule has 16 heavy (non-hydrogen) atoms. The summed E-state index contributed by atoms with van der Waals surface area (Å²) in [5, 5.41) is 0. The lowest BCUT2D eigenvalue weighted by atomic mass is 9.96. The van der Waals surface area contributed by atoms with Crippen molar-refractivity contribution in [1.82, 2.24) is 0 Å². The van der Waals surface area contributed by atoms with Gasteiger partial charge in [-0.25, -0.2) is 0 Å². The molecular weight excluding hydrogens is 196 g/mol. The second-order valence-corrected chi connectivity index (χ2v) is 6.00. The molecule has 0 amide bonds. The molecule has 2 fully saturated rings. The fourth-order valence-electron chi connectivity index (χ4n) is 3.82. The average Bonchev–Trinajstić information content (AvgIpc) is 2.31. The maximum atomic E-state index is 2.47. The quantitative estimate of drug-likeness (QED) is 0.665. The first-order chi connectivity index (χ1) is 7.81. The van der Waals surface area contributed by atoms with E-state index in [-0.39, 0.29) is 0 Å². The summed E-state index contributed by atoms with van der Waals surface area (Å²) in [7, 11) is 0. The van der Waals surface area contributed by atoms with Crippen molar-refractivity contribution in [3.8, 4) is 0 Å². The van der Waals surface area contributed by atoms with Crippen LogP contribution in [0.3, 0.4) is 0 Å². The van der Waals surface area contributed by atoms with Gasteiger partial charge in [-0.1, -0.05) is 6.92 Å². The Hall–Kier alpha value is -0.0800. The first-order valence-corrected chi connectivity index (χ1v) is 7.50. The van der Waals surface area contributed by atoms with E-state index in [1.165, 1.54) is 64.7 Å². The van der Waals surface area contributed by atoms with Crippen LogP contribution < -0.4 is 9.80 Å². The zero-order valence-electron chi connectivity index (χ0n) is 11.2. The minimum Gasteiger partial charge on any atom is -0.335 e. The number of quaternary nitrogens is 2. The SMILES string of the molecule is CCC[NH+]1CCC([NH+]2CCCC[C@H]2C)CC1. The molecule has 0 radical (unpaired) electrons. The molecular formula is C14H30N2+2. The monoisotopic (exact) mass is 226 g/mol. The highest BCUT2D eigenvalue weighted by molar-refractivity contribution is 4.65. The Bertz CT molecular complexity index is 197. The summed E-state index contributed by atoms with van der Waals surface area (Å²) < 4.78 is 0. The van der Waals surface area contributed by atoms with Crippen LogP contribution in [-0.2, 0) is 0 Å². The molecule has 2 atom stereocenters. The minimum absolute atomic E-state index is 0.937. The van der Waals surface area contributed by atoms with Crippen LogP contribution >= 0.6 is 0 Å². The van der Waals surface area contributed by atoms with Crippen molar-refractivity contribution in [3.63, 3.8) is 0 Å². The number of nitrogens with one attached hydrogen (secondary N) is 2. The number of hydrogen-bond acceptors (Lipinski definition) is 0. The molecule has 2 saturated heterocycles. The highest BCUT2D eigenvalue weighted by atomic mass is 15.2. The predicted molar refractivity (Wildman–Crippen MR) is 68.0 cm³/mol. The van der Waals surface area contributed by atoms with Crippen LogP contribution in [0, 0.1) is 0 Å². The smallest absolute Gasteiger partial charge is 0.0985 e. The first-order valence-electron chi connectivity index (χ1n) is 7.50. The van der Waals surface area contributed by atoms with Crippen molar-refractivity contribution in [2.45, 2.75) is 64.5 Å². The zero-order valence-corrected chi connectivity index (χ0v) is 11.2. The molecule has 2 aliphatic rings. The lowest BCUT2D eigenvalue weighted by molar-refractivity contribution is -0.975. The lowest BCUT2D eigenvalue weighted by Gasteiger charge is -2.39. The molecule has 2 aliphatic heterocycles. The van der Waals surface area contributed by atoms with Gasteiger partial charge >= 0.3 is 0 Å². The molecule has 2 N–H and O–H groups in total. The van der Waals surface area contributed by atoms with Gasteiger partial charge in [-0.05, 0) is 32.6 Å². The van der Waals surface area contributed by atoms with Crippen LogP contribution in [0.15, 0.2) is 0 Å². The third kappa shape index (κ3) is 2.98. The Kier molecular flexibility index (Phi) is 4.66. The molecule has 94 valence electrons. The van der Waals surface area contributed by atoms with E-state index in [4.69, 9.17) is 0 Å². The fraction of sp³-hybridized carbons (Fsp3) is 1.00. The lowest BCUT2D eigenvalue weighted by Crippen LogP contribution is -3.23. The van der Waals surface area contributed by atoms with Gasteiger partial charge in [0.05, 0.1) is 38.3 Å². The minimum atomic E-state index is 0.937. The molecule has 0 aromatic rings. The Morgan fingerprint density at radius 2 is 1.75 bits per heavy atom. The molecule has 0 bridgehead atoms.